The Morgan fingerprint density at radius 2 is 0.882 bits per heavy atom. The van der Waals surface area contributed by atoms with Crippen molar-refractivity contribution in [3.8, 4) is 0 Å². The molecule has 0 bridgehead atoms. The quantitative estimate of drug-likeness (QED) is 0.216. The van der Waals surface area contributed by atoms with Crippen LogP contribution in [0.2, 0.25) is 0 Å². The molecule has 0 amide bonds. The van der Waals surface area contributed by atoms with Gasteiger partial charge in [-0.2, -0.15) is 98.2 Å². The van der Waals surface area contributed by atoms with Gasteiger partial charge < -0.3 is 0 Å². The standard InChI is InChI=1S/C5H5F5N4.C5H8N4.2C4H3F5N4.C3H3F3N4.C3H4F2N4/c1-14-12-3(11-13-14)4(6,7)2-5(8,9)10;1-9-7-5(6-8-9)4-2-3-4;1-13-2(10-11-12-13)3(5,6)4(7,8)9;1-13-11-2(10-12-13)3(5,6)4(7,8)9;1-10-8-2(7-9-10)3(4,5)6;1-9-3(2(4)5)6-7-8-9/h2H2,1H3;4H,2-3H2,1H3;2*1H3;1H3;2H,1H3. The Hall–Kier alpha value is -6.98. The summed E-state index contributed by atoms with van der Waals surface area (Å²) < 4.78 is 240. The van der Waals surface area contributed by atoms with E-state index in [1.165, 1.54) is 38.8 Å². The van der Waals surface area contributed by atoms with Gasteiger partial charge in [-0.15, -0.1) is 51.0 Å². The van der Waals surface area contributed by atoms with Crippen molar-refractivity contribution >= 4 is 0 Å². The van der Waals surface area contributed by atoms with E-state index in [1.807, 2.05) is 0 Å². The van der Waals surface area contributed by atoms with Crippen LogP contribution in [0.15, 0.2) is 0 Å². The average Bonchev–Trinajstić information content (AvgIpc) is 3.85. The summed E-state index contributed by atoms with van der Waals surface area (Å²) in [6.45, 7) is 0. The van der Waals surface area contributed by atoms with E-state index in [2.05, 4.69) is 92.7 Å². The van der Waals surface area contributed by atoms with Gasteiger partial charge in [0.15, 0.2) is 5.82 Å². The summed E-state index contributed by atoms with van der Waals surface area (Å²) in [5, 5.41) is 54.9. The van der Waals surface area contributed by atoms with Crippen molar-refractivity contribution in [1.82, 2.24) is 121 Å². The number of hydrogen-bond acceptors (Lipinski definition) is 18. The first-order valence-corrected chi connectivity index (χ1v) is 16.9. The van der Waals surface area contributed by atoms with Crippen molar-refractivity contribution < 1.29 is 87.8 Å². The van der Waals surface area contributed by atoms with Gasteiger partial charge in [-0.3, -0.25) is 0 Å². The number of hydrogen-bond donors (Lipinski definition) is 0. The third kappa shape index (κ3) is 17.0. The second-order valence-corrected chi connectivity index (χ2v) is 12.4. The SMILES string of the molecule is Cn1nnc(C(F)(F)C(F)(F)F)n1.Cn1nnc(C(F)(F)CC(F)(F)F)n1.Cn1nnc(C(F)(F)F)n1.Cn1nnc(C2CC2)n1.Cn1nnnc1C(F)(F)C(F)(F)F.Cn1nnnc1C(F)F. The maximum Gasteiger partial charge on any atom is 0.461 e. The van der Waals surface area contributed by atoms with Gasteiger partial charge in [-0.05, 0) is 54.5 Å². The lowest BCUT2D eigenvalue weighted by Gasteiger charge is -2.16. The molecule has 0 radical (unpaired) electrons. The highest BCUT2D eigenvalue weighted by molar-refractivity contribution is 5.00. The number of aryl methyl sites for hydroxylation is 6. The van der Waals surface area contributed by atoms with Crippen LogP contribution in [-0.4, -0.2) is 140 Å². The van der Waals surface area contributed by atoms with E-state index in [1.54, 1.807) is 7.05 Å². The number of tetrazole rings is 6. The molecule has 382 valence electrons. The number of alkyl halides is 20. The molecule has 1 aliphatic carbocycles. The van der Waals surface area contributed by atoms with Crippen molar-refractivity contribution in [2.24, 2.45) is 42.3 Å². The summed E-state index contributed by atoms with van der Waals surface area (Å²) in [6.07, 6.45) is -23.2. The zero-order valence-corrected chi connectivity index (χ0v) is 34.1. The lowest BCUT2D eigenvalue weighted by molar-refractivity contribution is -0.293. The molecule has 7 rings (SSSR count). The third-order valence-electron chi connectivity index (χ3n) is 6.74. The van der Waals surface area contributed by atoms with Crippen LogP contribution in [0.3, 0.4) is 0 Å². The van der Waals surface area contributed by atoms with Crippen LogP contribution in [0.4, 0.5) is 87.8 Å². The van der Waals surface area contributed by atoms with E-state index in [0.717, 1.165) is 29.4 Å². The van der Waals surface area contributed by atoms with Crippen molar-refractivity contribution in [2.45, 2.75) is 74.1 Å². The topological polar surface area (TPSA) is 262 Å². The molecule has 0 aromatic carbocycles. The number of rotatable bonds is 6. The van der Waals surface area contributed by atoms with Gasteiger partial charge in [0, 0.05) is 20.0 Å². The van der Waals surface area contributed by atoms with Gasteiger partial charge in [0.05, 0.1) is 28.2 Å². The fourth-order valence-electron chi connectivity index (χ4n) is 3.54. The Balaban J connectivity index is 0.000000282. The maximum atomic E-state index is 12.8. The Kier molecular flexibility index (Phi) is 18.3. The van der Waals surface area contributed by atoms with Crippen molar-refractivity contribution in [3.05, 3.63) is 34.9 Å². The summed E-state index contributed by atoms with van der Waals surface area (Å²) in [5.74, 6) is -18.7. The minimum atomic E-state index is -5.70. The third-order valence-corrected chi connectivity index (χ3v) is 6.74. The normalized spacial score (nSPS) is 13.5. The second kappa shape index (κ2) is 21.8. The largest absolute Gasteiger partial charge is 0.461 e. The smallest absolute Gasteiger partial charge is 0.228 e. The highest BCUT2D eigenvalue weighted by atomic mass is 19.4. The number of nitrogens with zero attached hydrogens (tertiary/aromatic N) is 24. The van der Waals surface area contributed by atoms with Crippen molar-refractivity contribution in [3.63, 3.8) is 0 Å². The molecule has 1 saturated carbocycles. The molecule has 0 unspecified atom stereocenters. The molecule has 6 aromatic heterocycles. The molecule has 0 saturated heterocycles. The van der Waals surface area contributed by atoms with Crippen LogP contribution in [0, 0.1) is 0 Å². The summed E-state index contributed by atoms with van der Waals surface area (Å²) in [7, 11) is 7.58. The predicted molar refractivity (Wildman–Crippen MR) is 169 cm³/mol. The molecule has 44 heteroatoms. The zero-order valence-electron chi connectivity index (χ0n) is 34.1. The number of aromatic nitrogens is 24. The fourth-order valence-corrected chi connectivity index (χ4v) is 3.54. The molecule has 0 aliphatic heterocycles. The summed E-state index contributed by atoms with van der Waals surface area (Å²) >= 11 is 0. The molecule has 6 aromatic rings. The van der Waals surface area contributed by atoms with E-state index >= 15 is 0 Å². The Morgan fingerprint density at radius 3 is 1.16 bits per heavy atom. The van der Waals surface area contributed by atoms with E-state index in [0.29, 0.717) is 15.5 Å². The van der Waals surface area contributed by atoms with Gasteiger partial charge in [-0.1, -0.05) is 0 Å². The van der Waals surface area contributed by atoms with Gasteiger partial charge in [0.25, 0.3) is 18.1 Å². The second-order valence-electron chi connectivity index (χ2n) is 12.4. The molecular formula is C24H26F20N24. The predicted octanol–water partition coefficient (Wildman–Crippen LogP) is 3.45. The summed E-state index contributed by atoms with van der Waals surface area (Å²) in [4.78, 5) is 3.45. The Labute approximate surface area is 361 Å². The van der Waals surface area contributed by atoms with E-state index in [-0.39, 0.29) is 4.68 Å². The van der Waals surface area contributed by atoms with Crippen LogP contribution >= 0.6 is 0 Å². The minimum Gasteiger partial charge on any atom is -0.228 e. The first-order chi connectivity index (χ1) is 30.8. The highest BCUT2D eigenvalue weighted by Gasteiger charge is 2.63. The molecular weight excluding hydrogens is 1000 g/mol. The van der Waals surface area contributed by atoms with Crippen LogP contribution in [0.1, 0.15) is 66.6 Å². The Morgan fingerprint density at radius 1 is 0.471 bits per heavy atom. The van der Waals surface area contributed by atoms with Crippen LogP contribution < -0.4 is 0 Å². The van der Waals surface area contributed by atoms with Gasteiger partial charge in [-0.25, -0.2) is 18.1 Å². The minimum absolute atomic E-state index is 0.271. The Bertz CT molecular complexity index is 2410. The monoisotopic (exact) mass is 1030 g/mol. The highest BCUT2D eigenvalue weighted by Crippen LogP contribution is 2.43. The van der Waals surface area contributed by atoms with E-state index < -0.39 is 84.4 Å². The molecule has 6 heterocycles. The molecule has 1 fully saturated rings. The van der Waals surface area contributed by atoms with Crippen LogP contribution in [0.25, 0.3) is 0 Å². The average molecular weight is 1030 g/mol. The first-order valence-electron chi connectivity index (χ1n) is 16.9. The van der Waals surface area contributed by atoms with E-state index in [9.17, 15) is 87.8 Å². The van der Waals surface area contributed by atoms with E-state index in [4.69, 9.17) is 0 Å². The molecule has 68 heavy (non-hydrogen) atoms. The summed E-state index contributed by atoms with van der Waals surface area (Å²) in [5.41, 5.74) is 0. The van der Waals surface area contributed by atoms with Crippen LogP contribution in [-0.2, 0) is 66.2 Å². The molecule has 0 atom stereocenters. The van der Waals surface area contributed by atoms with Gasteiger partial charge in [0.1, 0.15) is 6.42 Å². The van der Waals surface area contributed by atoms with Crippen molar-refractivity contribution in [2.75, 3.05) is 0 Å². The van der Waals surface area contributed by atoms with Crippen LogP contribution in [0.5, 0.6) is 0 Å². The maximum absolute atomic E-state index is 12.8. The lowest BCUT2D eigenvalue weighted by Crippen LogP contribution is -2.36. The molecule has 1 aliphatic rings. The van der Waals surface area contributed by atoms with Gasteiger partial charge >= 0.3 is 42.5 Å². The van der Waals surface area contributed by atoms with Gasteiger partial charge in [0.2, 0.25) is 17.5 Å². The molecule has 0 spiro atoms. The molecule has 24 nitrogen and oxygen atoms in total. The zero-order chi connectivity index (χ0) is 52.4. The molecule has 0 N–H and O–H groups in total. The summed E-state index contributed by atoms with van der Waals surface area (Å²) in [6, 6.07) is 0. The first kappa shape index (κ1) is 57.1. The lowest BCUT2D eigenvalue weighted by atomic mass is 10.2. The fraction of sp³-hybridized carbons (Fsp3) is 0.750. The van der Waals surface area contributed by atoms with Crippen molar-refractivity contribution in [1.29, 1.82) is 0 Å². The number of halogens is 20.